The first-order valence-electron chi connectivity index (χ1n) is 6.34. The van der Waals surface area contributed by atoms with E-state index in [0.29, 0.717) is 5.54 Å². The first-order chi connectivity index (χ1) is 7.29. The summed E-state index contributed by atoms with van der Waals surface area (Å²) in [5.74, 6) is 0. The molecule has 0 aromatic carbocycles. The van der Waals surface area contributed by atoms with Crippen LogP contribution in [-0.2, 0) is 4.74 Å². The van der Waals surface area contributed by atoms with Gasteiger partial charge in [0.1, 0.15) is 0 Å². The van der Waals surface area contributed by atoms with Crippen molar-refractivity contribution in [3.8, 4) is 0 Å². The van der Waals surface area contributed by atoms with Gasteiger partial charge in [0.25, 0.3) is 0 Å². The zero-order valence-corrected chi connectivity index (χ0v) is 9.93. The first-order valence-corrected chi connectivity index (χ1v) is 6.34. The third-order valence-corrected chi connectivity index (χ3v) is 3.79. The smallest absolute Gasteiger partial charge is 0.0594 e. The molecule has 0 aliphatic carbocycles. The minimum Gasteiger partial charge on any atom is -0.379 e. The third kappa shape index (κ3) is 3.44. The predicted octanol–water partition coefficient (Wildman–Crippen LogP) is 1.24. The van der Waals surface area contributed by atoms with Crippen molar-refractivity contribution in [3.63, 3.8) is 0 Å². The minimum absolute atomic E-state index is 0.399. The van der Waals surface area contributed by atoms with Gasteiger partial charge in [0.15, 0.2) is 0 Å². The Balaban J connectivity index is 1.70. The second-order valence-electron chi connectivity index (χ2n) is 5.15. The molecule has 0 radical (unpaired) electrons. The van der Waals surface area contributed by atoms with Crippen molar-refractivity contribution in [2.24, 2.45) is 0 Å². The number of piperidine rings is 1. The average molecular weight is 212 g/mol. The number of nitrogens with one attached hydrogen (secondary N) is 1. The Morgan fingerprint density at radius 3 is 2.73 bits per heavy atom. The van der Waals surface area contributed by atoms with Crippen LogP contribution in [0.15, 0.2) is 0 Å². The summed E-state index contributed by atoms with van der Waals surface area (Å²) in [6.45, 7) is 8.90. The van der Waals surface area contributed by atoms with Crippen LogP contribution in [0.25, 0.3) is 0 Å². The largest absolute Gasteiger partial charge is 0.379 e. The van der Waals surface area contributed by atoms with Gasteiger partial charge in [-0.3, -0.25) is 4.90 Å². The molecule has 15 heavy (non-hydrogen) atoms. The van der Waals surface area contributed by atoms with E-state index in [-0.39, 0.29) is 0 Å². The van der Waals surface area contributed by atoms with Crippen molar-refractivity contribution in [3.05, 3.63) is 0 Å². The second kappa shape index (κ2) is 5.28. The highest BCUT2D eigenvalue weighted by Gasteiger charge is 2.26. The second-order valence-corrected chi connectivity index (χ2v) is 5.15. The number of nitrogens with zero attached hydrogens (tertiary/aromatic N) is 1. The van der Waals surface area contributed by atoms with Crippen LogP contribution in [-0.4, -0.2) is 49.8 Å². The molecule has 0 aromatic heterocycles. The normalized spacial score (nSPS) is 34.2. The van der Waals surface area contributed by atoms with Crippen molar-refractivity contribution in [1.82, 2.24) is 10.2 Å². The van der Waals surface area contributed by atoms with E-state index in [1.165, 1.54) is 38.8 Å². The molecule has 0 aromatic rings. The van der Waals surface area contributed by atoms with Gasteiger partial charge in [-0.15, -0.1) is 0 Å². The molecule has 0 amide bonds. The van der Waals surface area contributed by atoms with Gasteiger partial charge >= 0.3 is 0 Å². The summed E-state index contributed by atoms with van der Waals surface area (Å²) in [6.07, 6.45) is 5.38. The molecule has 0 bridgehead atoms. The summed E-state index contributed by atoms with van der Waals surface area (Å²) >= 11 is 0. The molecule has 3 nitrogen and oxygen atoms in total. The molecule has 3 heteroatoms. The van der Waals surface area contributed by atoms with Gasteiger partial charge in [-0.05, 0) is 32.7 Å². The molecular weight excluding hydrogens is 188 g/mol. The van der Waals surface area contributed by atoms with Crippen LogP contribution in [0.4, 0.5) is 0 Å². The number of hydrogen-bond donors (Lipinski definition) is 1. The SMILES string of the molecule is CC1(CCN2CCOCC2)CCCCN1. The first kappa shape index (κ1) is 11.4. The van der Waals surface area contributed by atoms with Gasteiger partial charge < -0.3 is 10.1 Å². The summed E-state index contributed by atoms with van der Waals surface area (Å²) in [5, 5.41) is 3.68. The molecule has 1 atom stereocenters. The molecule has 2 saturated heterocycles. The minimum atomic E-state index is 0.399. The Bertz CT molecular complexity index is 184. The zero-order chi connectivity index (χ0) is 10.6. The van der Waals surface area contributed by atoms with Gasteiger partial charge in [-0.1, -0.05) is 6.42 Å². The Kier molecular flexibility index (Phi) is 4.00. The van der Waals surface area contributed by atoms with Gasteiger partial charge in [0, 0.05) is 25.2 Å². The Morgan fingerprint density at radius 2 is 2.07 bits per heavy atom. The molecule has 88 valence electrons. The number of ether oxygens (including phenoxy) is 1. The number of morpholine rings is 1. The van der Waals surface area contributed by atoms with Gasteiger partial charge in [-0.2, -0.15) is 0 Å². The van der Waals surface area contributed by atoms with Crippen LogP contribution in [0.2, 0.25) is 0 Å². The van der Waals surface area contributed by atoms with E-state index in [1.807, 2.05) is 0 Å². The van der Waals surface area contributed by atoms with Crippen molar-refractivity contribution in [2.75, 3.05) is 39.4 Å². The summed E-state index contributed by atoms with van der Waals surface area (Å²) in [7, 11) is 0. The molecule has 1 N–H and O–H groups in total. The van der Waals surface area contributed by atoms with E-state index in [4.69, 9.17) is 4.74 Å². The fraction of sp³-hybridized carbons (Fsp3) is 1.00. The number of rotatable bonds is 3. The Labute approximate surface area is 93.2 Å². The van der Waals surface area contributed by atoms with E-state index in [2.05, 4.69) is 17.1 Å². The van der Waals surface area contributed by atoms with Crippen LogP contribution in [0.5, 0.6) is 0 Å². The van der Waals surface area contributed by atoms with Crippen LogP contribution in [0.1, 0.15) is 32.6 Å². The highest BCUT2D eigenvalue weighted by atomic mass is 16.5. The third-order valence-electron chi connectivity index (χ3n) is 3.79. The summed E-state index contributed by atoms with van der Waals surface area (Å²) in [5.41, 5.74) is 0.399. The Morgan fingerprint density at radius 1 is 1.27 bits per heavy atom. The van der Waals surface area contributed by atoms with Crippen LogP contribution in [0.3, 0.4) is 0 Å². The zero-order valence-electron chi connectivity index (χ0n) is 9.93. The van der Waals surface area contributed by atoms with Crippen molar-refractivity contribution >= 4 is 0 Å². The van der Waals surface area contributed by atoms with Gasteiger partial charge in [0.05, 0.1) is 13.2 Å². The summed E-state index contributed by atoms with van der Waals surface area (Å²) in [4.78, 5) is 2.53. The maximum Gasteiger partial charge on any atom is 0.0594 e. The summed E-state index contributed by atoms with van der Waals surface area (Å²) in [6, 6.07) is 0. The van der Waals surface area contributed by atoms with E-state index >= 15 is 0 Å². The monoisotopic (exact) mass is 212 g/mol. The summed E-state index contributed by atoms with van der Waals surface area (Å²) < 4.78 is 5.36. The maximum atomic E-state index is 5.36. The maximum absolute atomic E-state index is 5.36. The molecule has 2 heterocycles. The van der Waals surface area contributed by atoms with Crippen LogP contribution >= 0.6 is 0 Å². The molecular formula is C12H24N2O. The quantitative estimate of drug-likeness (QED) is 0.762. The lowest BCUT2D eigenvalue weighted by Gasteiger charge is -2.37. The van der Waals surface area contributed by atoms with E-state index in [9.17, 15) is 0 Å². The van der Waals surface area contributed by atoms with E-state index < -0.39 is 0 Å². The molecule has 0 saturated carbocycles. The molecule has 1 unspecified atom stereocenters. The standard InChI is InChI=1S/C12H24N2O/c1-12(4-2-3-6-13-12)5-7-14-8-10-15-11-9-14/h13H,2-11H2,1H3. The topological polar surface area (TPSA) is 24.5 Å². The molecule has 2 fully saturated rings. The fourth-order valence-corrected chi connectivity index (χ4v) is 2.56. The molecule has 0 spiro atoms. The lowest BCUT2D eigenvalue weighted by Crippen LogP contribution is -2.49. The average Bonchev–Trinajstić information content (AvgIpc) is 2.29. The Hall–Kier alpha value is -0.120. The highest BCUT2D eigenvalue weighted by Crippen LogP contribution is 2.22. The van der Waals surface area contributed by atoms with Crippen LogP contribution < -0.4 is 5.32 Å². The van der Waals surface area contributed by atoms with Gasteiger partial charge in [0.2, 0.25) is 0 Å². The van der Waals surface area contributed by atoms with Crippen molar-refractivity contribution in [2.45, 2.75) is 38.1 Å². The van der Waals surface area contributed by atoms with Crippen molar-refractivity contribution < 1.29 is 4.74 Å². The number of hydrogen-bond acceptors (Lipinski definition) is 3. The molecule has 2 rings (SSSR count). The highest BCUT2D eigenvalue weighted by molar-refractivity contribution is 4.87. The van der Waals surface area contributed by atoms with Crippen molar-refractivity contribution in [1.29, 1.82) is 0 Å². The molecule has 2 aliphatic rings. The van der Waals surface area contributed by atoms with Crippen LogP contribution in [0, 0.1) is 0 Å². The lowest BCUT2D eigenvalue weighted by atomic mass is 9.87. The van der Waals surface area contributed by atoms with E-state index in [0.717, 1.165) is 26.3 Å². The van der Waals surface area contributed by atoms with E-state index in [1.54, 1.807) is 0 Å². The van der Waals surface area contributed by atoms with Gasteiger partial charge in [-0.25, -0.2) is 0 Å². The molecule has 2 aliphatic heterocycles. The predicted molar refractivity (Wildman–Crippen MR) is 62.1 cm³/mol. The fourth-order valence-electron chi connectivity index (χ4n) is 2.56. The lowest BCUT2D eigenvalue weighted by molar-refractivity contribution is 0.0329.